The maximum atomic E-state index is 5.79. The average molecular weight is 497 g/mol. The fourth-order valence-corrected chi connectivity index (χ4v) is 4.35. The first kappa shape index (κ1) is 24.5. The SMILES string of the molecule is COCCN1C(=S)NC(c2ccc(OC)c(OC)c2)C(c2nc(-c3cccc(OC)c3)no2)=C1C. The lowest BCUT2D eigenvalue weighted by atomic mass is 9.94. The van der Waals surface area contributed by atoms with Gasteiger partial charge < -0.3 is 33.7 Å². The highest BCUT2D eigenvalue weighted by atomic mass is 32.1. The second-order valence-electron chi connectivity index (χ2n) is 7.80. The fraction of sp³-hybridized carbons (Fsp3) is 0.320. The molecule has 0 saturated carbocycles. The molecule has 1 aromatic heterocycles. The van der Waals surface area contributed by atoms with E-state index in [2.05, 4.69) is 10.5 Å². The maximum Gasteiger partial charge on any atom is 0.258 e. The van der Waals surface area contributed by atoms with E-state index in [9.17, 15) is 0 Å². The molecule has 0 fully saturated rings. The third-order valence-corrected chi connectivity index (χ3v) is 6.18. The van der Waals surface area contributed by atoms with Crippen LogP contribution in [0.2, 0.25) is 0 Å². The number of thiocarbonyl (C=S) groups is 1. The van der Waals surface area contributed by atoms with E-state index in [1.807, 2.05) is 54.3 Å². The zero-order valence-electron chi connectivity index (χ0n) is 20.3. The van der Waals surface area contributed by atoms with Crippen molar-refractivity contribution in [2.24, 2.45) is 0 Å². The van der Waals surface area contributed by atoms with E-state index in [-0.39, 0.29) is 6.04 Å². The molecule has 3 aromatic rings. The zero-order valence-corrected chi connectivity index (χ0v) is 21.1. The van der Waals surface area contributed by atoms with Crippen LogP contribution in [0.3, 0.4) is 0 Å². The summed E-state index contributed by atoms with van der Waals surface area (Å²) in [5, 5.41) is 8.25. The largest absolute Gasteiger partial charge is 0.497 e. The highest BCUT2D eigenvalue weighted by molar-refractivity contribution is 7.80. The molecule has 1 atom stereocenters. The molecule has 0 aliphatic carbocycles. The van der Waals surface area contributed by atoms with Gasteiger partial charge >= 0.3 is 0 Å². The molecule has 10 heteroatoms. The van der Waals surface area contributed by atoms with Crippen LogP contribution in [0.1, 0.15) is 24.4 Å². The van der Waals surface area contributed by atoms with E-state index in [0.29, 0.717) is 47.2 Å². The molecule has 0 amide bonds. The molecule has 9 nitrogen and oxygen atoms in total. The summed E-state index contributed by atoms with van der Waals surface area (Å²) in [5.74, 6) is 2.80. The van der Waals surface area contributed by atoms with Gasteiger partial charge in [-0.15, -0.1) is 0 Å². The normalized spacial score (nSPS) is 15.7. The quantitative estimate of drug-likeness (QED) is 0.437. The van der Waals surface area contributed by atoms with Crippen LogP contribution < -0.4 is 19.5 Å². The third kappa shape index (κ3) is 4.94. The molecule has 35 heavy (non-hydrogen) atoms. The monoisotopic (exact) mass is 496 g/mol. The molecule has 4 rings (SSSR count). The number of benzene rings is 2. The molecular weight excluding hydrogens is 468 g/mol. The van der Waals surface area contributed by atoms with Gasteiger partial charge in [0.2, 0.25) is 5.82 Å². The van der Waals surface area contributed by atoms with Crippen molar-refractivity contribution in [3.63, 3.8) is 0 Å². The van der Waals surface area contributed by atoms with Crippen LogP contribution in [-0.4, -0.2) is 61.7 Å². The van der Waals surface area contributed by atoms with Crippen molar-refractivity contribution >= 4 is 22.9 Å². The molecule has 1 unspecified atom stereocenters. The molecule has 1 aliphatic heterocycles. The van der Waals surface area contributed by atoms with E-state index in [4.69, 9.17) is 40.7 Å². The third-order valence-electron chi connectivity index (χ3n) is 5.84. The Balaban J connectivity index is 1.81. The molecule has 1 aliphatic rings. The van der Waals surface area contributed by atoms with Crippen molar-refractivity contribution in [1.82, 2.24) is 20.4 Å². The predicted octanol–water partition coefficient (Wildman–Crippen LogP) is 4.07. The second kappa shape index (κ2) is 10.7. The standard InChI is InChI=1S/C25H28N4O5S/c1-15-21(24-27-23(28-34-24)17-7-6-8-18(13-17)31-3)22(26-25(35)29(15)11-12-30-2)16-9-10-19(32-4)20(14-16)33-5/h6-10,13-14,22H,11-12H2,1-5H3,(H,26,35). The van der Waals surface area contributed by atoms with E-state index >= 15 is 0 Å². The Morgan fingerprint density at radius 1 is 1.03 bits per heavy atom. The highest BCUT2D eigenvalue weighted by Crippen LogP contribution is 2.40. The second-order valence-corrected chi connectivity index (χ2v) is 8.18. The van der Waals surface area contributed by atoms with Gasteiger partial charge in [-0.25, -0.2) is 0 Å². The Morgan fingerprint density at radius 2 is 1.83 bits per heavy atom. The molecule has 2 heterocycles. The van der Waals surface area contributed by atoms with Gasteiger partial charge in [0, 0.05) is 24.9 Å². The van der Waals surface area contributed by atoms with Crippen LogP contribution in [0.4, 0.5) is 0 Å². The molecule has 0 saturated heterocycles. The zero-order chi connectivity index (χ0) is 24.9. The van der Waals surface area contributed by atoms with Crippen molar-refractivity contribution in [2.75, 3.05) is 41.6 Å². The number of nitrogens with one attached hydrogen (secondary N) is 1. The summed E-state index contributed by atoms with van der Waals surface area (Å²) in [4.78, 5) is 6.71. The van der Waals surface area contributed by atoms with Crippen LogP contribution >= 0.6 is 12.2 Å². The maximum absolute atomic E-state index is 5.79. The molecule has 0 radical (unpaired) electrons. The minimum atomic E-state index is -0.347. The Bertz CT molecular complexity index is 1240. The Labute approximate surface area is 209 Å². The van der Waals surface area contributed by atoms with Crippen molar-refractivity contribution < 1.29 is 23.5 Å². The topological polar surface area (TPSA) is 91.1 Å². The van der Waals surface area contributed by atoms with Crippen LogP contribution in [0.25, 0.3) is 17.0 Å². The van der Waals surface area contributed by atoms with E-state index in [0.717, 1.165) is 22.4 Å². The summed E-state index contributed by atoms with van der Waals surface area (Å²) in [6, 6.07) is 12.9. The van der Waals surface area contributed by atoms with Gasteiger partial charge in [-0.05, 0) is 49.0 Å². The summed E-state index contributed by atoms with van der Waals surface area (Å²) in [5.41, 5.74) is 3.40. The predicted molar refractivity (Wildman–Crippen MR) is 135 cm³/mol. The highest BCUT2D eigenvalue weighted by Gasteiger charge is 2.34. The van der Waals surface area contributed by atoms with Crippen LogP contribution in [0.15, 0.2) is 52.7 Å². The number of hydrogen-bond acceptors (Lipinski definition) is 8. The summed E-state index contributed by atoms with van der Waals surface area (Å²) in [6.45, 7) is 3.07. The molecule has 0 bridgehead atoms. The fourth-order valence-electron chi connectivity index (χ4n) is 4.00. The lowest BCUT2D eigenvalue weighted by Crippen LogP contribution is -2.47. The number of methoxy groups -OCH3 is 4. The van der Waals surface area contributed by atoms with Crippen molar-refractivity contribution in [2.45, 2.75) is 13.0 Å². The summed E-state index contributed by atoms with van der Waals surface area (Å²) >= 11 is 5.71. The van der Waals surface area contributed by atoms with E-state index in [1.54, 1.807) is 28.4 Å². The first-order valence-electron chi connectivity index (χ1n) is 11.0. The van der Waals surface area contributed by atoms with Crippen molar-refractivity contribution in [3.8, 4) is 28.6 Å². The number of ether oxygens (including phenoxy) is 4. The van der Waals surface area contributed by atoms with Crippen molar-refractivity contribution in [1.29, 1.82) is 0 Å². The summed E-state index contributed by atoms with van der Waals surface area (Å²) in [6.07, 6.45) is 0. The first-order chi connectivity index (χ1) is 17.0. The summed E-state index contributed by atoms with van der Waals surface area (Å²) < 4.78 is 27.3. The van der Waals surface area contributed by atoms with Gasteiger partial charge in [0.05, 0.1) is 39.6 Å². The molecule has 0 spiro atoms. The summed E-state index contributed by atoms with van der Waals surface area (Å²) in [7, 11) is 6.49. The van der Waals surface area contributed by atoms with Crippen LogP contribution in [0.5, 0.6) is 17.2 Å². The number of nitrogens with zero attached hydrogens (tertiary/aromatic N) is 3. The van der Waals surface area contributed by atoms with Crippen LogP contribution in [-0.2, 0) is 4.74 Å². The number of aromatic nitrogens is 2. The molecule has 184 valence electrons. The average Bonchev–Trinajstić information content (AvgIpc) is 3.37. The Morgan fingerprint density at radius 3 is 2.54 bits per heavy atom. The van der Waals surface area contributed by atoms with Crippen molar-refractivity contribution in [3.05, 3.63) is 59.6 Å². The van der Waals surface area contributed by atoms with E-state index in [1.165, 1.54) is 0 Å². The van der Waals surface area contributed by atoms with Gasteiger partial charge in [-0.1, -0.05) is 23.4 Å². The van der Waals surface area contributed by atoms with Crippen LogP contribution in [0, 0.1) is 0 Å². The molecule has 1 N–H and O–H groups in total. The Kier molecular flexibility index (Phi) is 7.52. The minimum absolute atomic E-state index is 0.347. The molecule has 2 aromatic carbocycles. The van der Waals surface area contributed by atoms with Gasteiger partial charge in [0.25, 0.3) is 5.89 Å². The van der Waals surface area contributed by atoms with Gasteiger partial charge in [0.1, 0.15) is 5.75 Å². The first-order valence-corrected chi connectivity index (χ1v) is 11.4. The lowest BCUT2D eigenvalue weighted by Gasteiger charge is -2.37. The number of rotatable bonds is 9. The van der Waals surface area contributed by atoms with Gasteiger partial charge in [-0.3, -0.25) is 0 Å². The number of allylic oxidation sites excluding steroid dienone is 1. The molecular formula is C25H28N4O5S. The number of hydrogen-bond donors (Lipinski definition) is 1. The minimum Gasteiger partial charge on any atom is -0.497 e. The van der Waals surface area contributed by atoms with E-state index < -0.39 is 0 Å². The van der Waals surface area contributed by atoms with Gasteiger partial charge in [0.15, 0.2) is 16.6 Å². The Hall–Kier alpha value is -3.63. The van der Waals surface area contributed by atoms with Gasteiger partial charge in [-0.2, -0.15) is 4.98 Å². The smallest absolute Gasteiger partial charge is 0.258 e. The lowest BCUT2D eigenvalue weighted by molar-refractivity contribution is 0.183.